The third-order valence-electron chi connectivity index (χ3n) is 3.45. The minimum Gasteiger partial charge on any atom is -0.276 e. The molecule has 1 aromatic carbocycles. The molecule has 0 aliphatic rings. The lowest BCUT2D eigenvalue weighted by atomic mass is 10.1. The molecule has 0 N–H and O–H groups in total. The molecule has 0 fully saturated rings. The fraction of sp³-hybridized carbons (Fsp3) is 0.467. The van der Waals surface area contributed by atoms with E-state index in [-0.39, 0.29) is 11.0 Å². The highest BCUT2D eigenvalue weighted by molar-refractivity contribution is 8.00. The van der Waals surface area contributed by atoms with Gasteiger partial charge in [-0.15, -0.1) is 10.2 Å². The first-order valence-electron chi connectivity index (χ1n) is 7.13. The Balaban J connectivity index is 2.14. The topological polar surface area (TPSA) is 64.8 Å². The van der Waals surface area contributed by atoms with Crippen LogP contribution in [-0.4, -0.2) is 39.9 Å². The number of rotatable bonds is 6. The first kappa shape index (κ1) is 17.0. The molecule has 0 amide bonds. The summed E-state index contributed by atoms with van der Waals surface area (Å²) in [6.45, 7) is 7.51. The highest BCUT2D eigenvalue weighted by Crippen LogP contribution is 2.23. The van der Waals surface area contributed by atoms with Gasteiger partial charge in [-0.05, 0) is 39.3 Å². The SMILES string of the molecule is Cc1ccc(-n2cnnc2SCCS(=O)(=O)C(C)C)c(C)c1. The van der Waals surface area contributed by atoms with E-state index in [4.69, 9.17) is 0 Å². The van der Waals surface area contributed by atoms with E-state index in [9.17, 15) is 8.42 Å². The molecule has 120 valence electrons. The van der Waals surface area contributed by atoms with Crippen molar-refractivity contribution in [1.29, 1.82) is 0 Å². The van der Waals surface area contributed by atoms with Crippen molar-refractivity contribution < 1.29 is 8.42 Å². The van der Waals surface area contributed by atoms with Crippen LogP contribution in [0.2, 0.25) is 0 Å². The molecule has 1 aromatic heterocycles. The van der Waals surface area contributed by atoms with E-state index in [0.717, 1.165) is 11.3 Å². The molecule has 7 heteroatoms. The van der Waals surface area contributed by atoms with Gasteiger partial charge in [-0.3, -0.25) is 4.57 Å². The fourth-order valence-electron chi connectivity index (χ4n) is 2.05. The van der Waals surface area contributed by atoms with Crippen LogP contribution in [0.3, 0.4) is 0 Å². The first-order valence-corrected chi connectivity index (χ1v) is 9.83. The summed E-state index contributed by atoms with van der Waals surface area (Å²) in [5, 5.41) is 8.43. The van der Waals surface area contributed by atoms with Crippen LogP contribution in [0.1, 0.15) is 25.0 Å². The summed E-state index contributed by atoms with van der Waals surface area (Å²) in [6, 6.07) is 6.18. The highest BCUT2D eigenvalue weighted by Gasteiger charge is 2.17. The van der Waals surface area contributed by atoms with E-state index in [0.29, 0.717) is 10.9 Å². The average Bonchev–Trinajstić information content (AvgIpc) is 2.86. The van der Waals surface area contributed by atoms with E-state index in [1.807, 2.05) is 23.6 Å². The predicted octanol–water partition coefficient (Wildman–Crippen LogP) is 2.80. The minimum atomic E-state index is -3.02. The monoisotopic (exact) mass is 339 g/mol. The number of sulfone groups is 1. The Morgan fingerprint density at radius 3 is 2.64 bits per heavy atom. The molecule has 2 aromatic rings. The van der Waals surface area contributed by atoms with Crippen molar-refractivity contribution in [2.24, 2.45) is 0 Å². The molecule has 0 bridgehead atoms. The molecule has 0 atom stereocenters. The number of thioether (sulfide) groups is 1. The van der Waals surface area contributed by atoms with Gasteiger partial charge in [0.2, 0.25) is 0 Å². The third kappa shape index (κ3) is 3.89. The zero-order valence-corrected chi connectivity index (χ0v) is 14.9. The smallest absolute Gasteiger partial charge is 0.195 e. The van der Waals surface area contributed by atoms with E-state index in [1.54, 1.807) is 20.2 Å². The minimum absolute atomic E-state index is 0.148. The van der Waals surface area contributed by atoms with Gasteiger partial charge in [0.15, 0.2) is 15.0 Å². The van der Waals surface area contributed by atoms with Crippen LogP contribution in [0.4, 0.5) is 0 Å². The molecule has 22 heavy (non-hydrogen) atoms. The van der Waals surface area contributed by atoms with Crippen LogP contribution in [0, 0.1) is 13.8 Å². The molecular formula is C15H21N3O2S2. The van der Waals surface area contributed by atoms with E-state index in [2.05, 4.69) is 23.2 Å². The number of nitrogens with zero attached hydrogens (tertiary/aromatic N) is 3. The predicted molar refractivity (Wildman–Crippen MR) is 90.5 cm³/mol. The number of aryl methyl sites for hydroxylation is 2. The largest absolute Gasteiger partial charge is 0.276 e. The number of hydrogen-bond acceptors (Lipinski definition) is 5. The Labute approximate surface area is 136 Å². The van der Waals surface area contributed by atoms with Crippen molar-refractivity contribution in [2.45, 2.75) is 38.1 Å². The van der Waals surface area contributed by atoms with Gasteiger partial charge >= 0.3 is 0 Å². The Kier molecular flexibility index (Phi) is 5.28. The second-order valence-electron chi connectivity index (χ2n) is 5.54. The van der Waals surface area contributed by atoms with Gasteiger partial charge in [-0.2, -0.15) is 0 Å². The summed E-state index contributed by atoms with van der Waals surface area (Å²) in [6.07, 6.45) is 1.66. The van der Waals surface area contributed by atoms with Crippen molar-refractivity contribution >= 4 is 21.6 Å². The summed E-state index contributed by atoms with van der Waals surface area (Å²) >= 11 is 1.42. The summed E-state index contributed by atoms with van der Waals surface area (Å²) in [5.41, 5.74) is 3.35. The van der Waals surface area contributed by atoms with Crippen LogP contribution < -0.4 is 0 Å². The van der Waals surface area contributed by atoms with Crippen molar-refractivity contribution in [3.63, 3.8) is 0 Å². The zero-order chi connectivity index (χ0) is 16.3. The molecule has 5 nitrogen and oxygen atoms in total. The molecule has 0 radical (unpaired) electrons. The summed E-state index contributed by atoms with van der Waals surface area (Å²) in [5.74, 6) is 0.624. The summed E-state index contributed by atoms with van der Waals surface area (Å²) < 4.78 is 25.6. The standard InChI is InChI=1S/C15H21N3O2S2/c1-11(2)22(19,20)8-7-21-15-17-16-10-18(15)14-6-5-12(3)9-13(14)4/h5-6,9-11H,7-8H2,1-4H3. The van der Waals surface area contributed by atoms with Crippen LogP contribution in [0.25, 0.3) is 5.69 Å². The maximum absolute atomic E-state index is 11.8. The van der Waals surface area contributed by atoms with Crippen molar-refractivity contribution in [3.8, 4) is 5.69 Å². The second-order valence-corrected chi connectivity index (χ2v) is 9.28. The van der Waals surface area contributed by atoms with Gasteiger partial charge < -0.3 is 0 Å². The Bertz CT molecular complexity index is 752. The van der Waals surface area contributed by atoms with E-state index in [1.165, 1.54) is 17.3 Å². The van der Waals surface area contributed by atoms with Gasteiger partial charge in [-0.1, -0.05) is 29.5 Å². The maximum Gasteiger partial charge on any atom is 0.195 e. The van der Waals surface area contributed by atoms with Gasteiger partial charge in [0.25, 0.3) is 0 Å². The average molecular weight is 339 g/mol. The lowest BCUT2D eigenvalue weighted by Crippen LogP contribution is -2.19. The molecule has 0 aliphatic heterocycles. The van der Waals surface area contributed by atoms with Gasteiger partial charge in [-0.25, -0.2) is 8.42 Å². The van der Waals surface area contributed by atoms with Crippen molar-refractivity contribution in [2.75, 3.05) is 11.5 Å². The molecule has 0 aliphatic carbocycles. The van der Waals surface area contributed by atoms with Crippen molar-refractivity contribution in [3.05, 3.63) is 35.7 Å². The number of aromatic nitrogens is 3. The van der Waals surface area contributed by atoms with Gasteiger partial charge in [0.1, 0.15) is 6.33 Å². The zero-order valence-electron chi connectivity index (χ0n) is 13.3. The van der Waals surface area contributed by atoms with Crippen LogP contribution >= 0.6 is 11.8 Å². The quantitative estimate of drug-likeness (QED) is 0.757. The van der Waals surface area contributed by atoms with Crippen LogP contribution in [0.5, 0.6) is 0 Å². The maximum atomic E-state index is 11.8. The molecule has 0 saturated carbocycles. The summed E-state index contributed by atoms with van der Waals surface area (Å²) in [4.78, 5) is 0. The van der Waals surface area contributed by atoms with Crippen molar-refractivity contribution in [1.82, 2.24) is 14.8 Å². The third-order valence-corrected chi connectivity index (χ3v) is 6.86. The number of hydrogen-bond donors (Lipinski definition) is 0. The summed E-state index contributed by atoms with van der Waals surface area (Å²) in [7, 11) is -3.02. The van der Waals surface area contributed by atoms with Crippen LogP contribution in [-0.2, 0) is 9.84 Å². The molecule has 1 heterocycles. The normalized spacial score (nSPS) is 12.0. The Morgan fingerprint density at radius 2 is 2.00 bits per heavy atom. The van der Waals surface area contributed by atoms with E-state index < -0.39 is 9.84 Å². The fourth-order valence-corrected chi connectivity index (χ4v) is 4.35. The van der Waals surface area contributed by atoms with Gasteiger partial charge in [0, 0.05) is 5.75 Å². The second kappa shape index (κ2) is 6.83. The molecule has 0 spiro atoms. The molecule has 2 rings (SSSR count). The molecule has 0 saturated heterocycles. The lowest BCUT2D eigenvalue weighted by molar-refractivity contribution is 0.589. The lowest BCUT2D eigenvalue weighted by Gasteiger charge is -2.10. The van der Waals surface area contributed by atoms with E-state index >= 15 is 0 Å². The Hall–Kier alpha value is -1.34. The molecule has 0 unspecified atom stereocenters. The van der Waals surface area contributed by atoms with Crippen LogP contribution in [0.15, 0.2) is 29.7 Å². The highest BCUT2D eigenvalue weighted by atomic mass is 32.2. The number of benzene rings is 1. The van der Waals surface area contributed by atoms with Gasteiger partial charge in [0.05, 0.1) is 16.7 Å². The first-order chi connectivity index (χ1) is 10.3. The Morgan fingerprint density at radius 1 is 1.27 bits per heavy atom. The molecular weight excluding hydrogens is 318 g/mol.